The van der Waals surface area contributed by atoms with Gasteiger partial charge in [0.1, 0.15) is 11.6 Å². The Morgan fingerprint density at radius 2 is 1.62 bits per heavy atom. The molecule has 29 heavy (non-hydrogen) atoms. The minimum absolute atomic E-state index is 0.203. The van der Waals surface area contributed by atoms with Gasteiger partial charge in [-0.3, -0.25) is 9.59 Å². The van der Waals surface area contributed by atoms with Crippen LogP contribution in [0.5, 0.6) is 0 Å². The standard InChI is InChI=1S/C23H21N3O3/c1-26-14-18(17-12-13-24-20(17)23(26)29)22(28)25-19(15-8-4-2-5-9-15)21(27)16-10-6-3-7-11-16/h2-14,19,21,24,27H,1H3,(H,25,28)/t19-,21+/m1/s1. The average Bonchev–Trinajstić information content (AvgIpc) is 3.25. The number of nitrogens with one attached hydrogen (secondary N) is 2. The van der Waals surface area contributed by atoms with Gasteiger partial charge in [-0.15, -0.1) is 0 Å². The van der Waals surface area contributed by atoms with E-state index >= 15 is 0 Å². The van der Waals surface area contributed by atoms with Crippen LogP contribution in [0.4, 0.5) is 0 Å². The molecule has 6 heteroatoms. The lowest BCUT2D eigenvalue weighted by atomic mass is 9.95. The monoisotopic (exact) mass is 387 g/mol. The van der Waals surface area contributed by atoms with E-state index in [1.165, 1.54) is 10.8 Å². The van der Waals surface area contributed by atoms with Crippen LogP contribution in [-0.4, -0.2) is 20.6 Å². The third-order valence-electron chi connectivity index (χ3n) is 5.04. The van der Waals surface area contributed by atoms with Crippen molar-refractivity contribution in [3.8, 4) is 0 Å². The summed E-state index contributed by atoms with van der Waals surface area (Å²) >= 11 is 0. The molecule has 0 unspecified atom stereocenters. The molecule has 2 aromatic heterocycles. The summed E-state index contributed by atoms with van der Waals surface area (Å²) in [4.78, 5) is 28.3. The topological polar surface area (TPSA) is 87.1 Å². The summed E-state index contributed by atoms with van der Waals surface area (Å²) in [5, 5.41) is 14.5. The molecule has 146 valence electrons. The molecular weight excluding hydrogens is 366 g/mol. The summed E-state index contributed by atoms with van der Waals surface area (Å²) in [6.45, 7) is 0. The molecule has 4 aromatic rings. The molecule has 0 fully saturated rings. The van der Waals surface area contributed by atoms with E-state index in [1.54, 1.807) is 19.3 Å². The Hall–Kier alpha value is -3.64. The SMILES string of the molecule is Cn1cc(C(=O)N[C@H](c2ccccc2)[C@@H](O)c2ccccc2)c2cc[nH]c2c1=O. The van der Waals surface area contributed by atoms with Crippen LogP contribution in [0, 0.1) is 0 Å². The fourth-order valence-electron chi connectivity index (χ4n) is 3.52. The van der Waals surface area contributed by atoms with Crippen molar-refractivity contribution in [2.45, 2.75) is 12.1 Å². The van der Waals surface area contributed by atoms with E-state index in [2.05, 4.69) is 10.3 Å². The predicted octanol–water partition coefficient (Wildman–Crippen LogP) is 3.07. The quantitative estimate of drug-likeness (QED) is 0.492. The van der Waals surface area contributed by atoms with Crippen molar-refractivity contribution in [3.05, 3.63) is 106 Å². The van der Waals surface area contributed by atoms with Gasteiger partial charge in [0, 0.05) is 24.8 Å². The summed E-state index contributed by atoms with van der Waals surface area (Å²) in [6.07, 6.45) is 2.22. The van der Waals surface area contributed by atoms with Crippen LogP contribution in [-0.2, 0) is 7.05 Å². The molecule has 2 heterocycles. The van der Waals surface area contributed by atoms with E-state index in [0.29, 0.717) is 22.0 Å². The van der Waals surface area contributed by atoms with Gasteiger partial charge in [0.25, 0.3) is 11.5 Å². The molecule has 3 N–H and O–H groups in total. The number of hydrogen-bond acceptors (Lipinski definition) is 3. The molecule has 0 aliphatic heterocycles. The van der Waals surface area contributed by atoms with Crippen LogP contribution in [0.3, 0.4) is 0 Å². The molecular formula is C23H21N3O3. The lowest BCUT2D eigenvalue weighted by molar-refractivity contribution is 0.0832. The van der Waals surface area contributed by atoms with Crippen molar-refractivity contribution in [2.24, 2.45) is 7.05 Å². The largest absolute Gasteiger partial charge is 0.386 e. The summed E-state index contributed by atoms with van der Waals surface area (Å²) in [5.41, 5.74) is 2.02. The number of pyridine rings is 1. The molecule has 1 amide bonds. The second kappa shape index (κ2) is 7.77. The number of nitrogens with zero attached hydrogens (tertiary/aromatic N) is 1. The van der Waals surface area contributed by atoms with Crippen LogP contribution in [0.2, 0.25) is 0 Å². The van der Waals surface area contributed by atoms with Gasteiger partial charge >= 0.3 is 0 Å². The lowest BCUT2D eigenvalue weighted by Gasteiger charge is -2.25. The van der Waals surface area contributed by atoms with Crippen molar-refractivity contribution in [1.82, 2.24) is 14.9 Å². The number of aromatic amines is 1. The van der Waals surface area contributed by atoms with E-state index in [-0.39, 0.29) is 11.5 Å². The highest BCUT2D eigenvalue weighted by Crippen LogP contribution is 2.29. The van der Waals surface area contributed by atoms with Gasteiger partial charge in [-0.1, -0.05) is 60.7 Å². The van der Waals surface area contributed by atoms with Crippen LogP contribution in [0.25, 0.3) is 10.9 Å². The first-order valence-corrected chi connectivity index (χ1v) is 9.32. The molecule has 0 saturated heterocycles. The van der Waals surface area contributed by atoms with Crippen molar-refractivity contribution in [2.75, 3.05) is 0 Å². The van der Waals surface area contributed by atoms with E-state index in [4.69, 9.17) is 0 Å². The molecule has 0 radical (unpaired) electrons. The maximum absolute atomic E-state index is 13.2. The van der Waals surface area contributed by atoms with Gasteiger partial charge in [-0.2, -0.15) is 0 Å². The van der Waals surface area contributed by atoms with Crippen molar-refractivity contribution >= 4 is 16.8 Å². The number of aliphatic hydroxyl groups is 1. The van der Waals surface area contributed by atoms with Crippen molar-refractivity contribution in [3.63, 3.8) is 0 Å². The molecule has 4 rings (SSSR count). The van der Waals surface area contributed by atoms with E-state index in [0.717, 1.165) is 5.56 Å². The van der Waals surface area contributed by atoms with Crippen molar-refractivity contribution < 1.29 is 9.90 Å². The van der Waals surface area contributed by atoms with Gasteiger partial charge < -0.3 is 20.0 Å². The summed E-state index contributed by atoms with van der Waals surface area (Å²) < 4.78 is 1.37. The first-order chi connectivity index (χ1) is 14.1. The molecule has 0 saturated carbocycles. The average molecular weight is 387 g/mol. The molecule has 0 aliphatic carbocycles. The number of carbonyl (C=O) groups is 1. The zero-order chi connectivity index (χ0) is 20.4. The third-order valence-corrected chi connectivity index (χ3v) is 5.04. The van der Waals surface area contributed by atoms with Gasteiger partial charge in [0.2, 0.25) is 0 Å². The van der Waals surface area contributed by atoms with E-state index in [1.807, 2.05) is 60.7 Å². The number of aryl methyl sites for hydroxylation is 1. The summed E-state index contributed by atoms with van der Waals surface area (Å²) in [6, 6.07) is 19.6. The number of fused-ring (bicyclic) bond motifs is 1. The number of carbonyl (C=O) groups excluding carboxylic acids is 1. The Morgan fingerprint density at radius 1 is 1.00 bits per heavy atom. The first-order valence-electron chi connectivity index (χ1n) is 9.32. The maximum atomic E-state index is 13.2. The third kappa shape index (κ3) is 3.58. The Labute approximate surface area is 167 Å². The molecule has 2 aromatic carbocycles. The van der Waals surface area contributed by atoms with Crippen molar-refractivity contribution in [1.29, 1.82) is 0 Å². The number of aromatic nitrogens is 2. The van der Waals surface area contributed by atoms with Crippen LogP contribution in [0.15, 0.2) is 83.9 Å². The van der Waals surface area contributed by atoms with E-state index < -0.39 is 12.1 Å². The van der Waals surface area contributed by atoms with Gasteiger partial charge in [0.05, 0.1) is 11.6 Å². The Kier molecular flexibility index (Phi) is 5.01. The number of benzene rings is 2. The highest BCUT2D eigenvalue weighted by molar-refractivity contribution is 6.06. The van der Waals surface area contributed by atoms with Crippen LogP contribution < -0.4 is 10.9 Å². The highest BCUT2D eigenvalue weighted by Gasteiger charge is 2.26. The number of aliphatic hydroxyl groups excluding tert-OH is 1. The normalized spacial score (nSPS) is 13.2. The molecule has 0 bridgehead atoms. The minimum Gasteiger partial charge on any atom is -0.386 e. The maximum Gasteiger partial charge on any atom is 0.274 e. The van der Waals surface area contributed by atoms with Crippen LogP contribution in [0.1, 0.15) is 33.6 Å². The first kappa shape index (κ1) is 18.7. The fraction of sp³-hybridized carbons (Fsp3) is 0.130. The second-order valence-electron chi connectivity index (χ2n) is 6.94. The summed E-state index contributed by atoms with van der Waals surface area (Å²) in [7, 11) is 1.60. The molecule has 0 spiro atoms. The number of amides is 1. The second-order valence-corrected chi connectivity index (χ2v) is 6.94. The van der Waals surface area contributed by atoms with Gasteiger partial charge in [-0.05, 0) is 17.2 Å². The number of hydrogen-bond donors (Lipinski definition) is 3. The molecule has 2 atom stereocenters. The molecule has 6 nitrogen and oxygen atoms in total. The highest BCUT2D eigenvalue weighted by atomic mass is 16.3. The number of H-pyrrole nitrogens is 1. The minimum atomic E-state index is -0.934. The number of rotatable bonds is 5. The zero-order valence-electron chi connectivity index (χ0n) is 15.9. The smallest absolute Gasteiger partial charge is 0.274 e. The predicted molar refractivity (Wildman–Crippen MR) is 112 cm³/mol. The molecule has 0 aliphatic rings. The van der Waals surface area contributed by atoms with Crippen LogP contribution >= 0.6 is 0 Å². The van der Waals surface area contributed by atoms with Gasteiger partial charge in [0.15, 0.2) is 0 Å². The lowest BCUT2D eigenvalue weighted by Crippen LogP contribution is -2.33. The zero-order valence-corrected chi connectivity index (χ0v) is 15.9. The Morgan fingerprint density at radius 3 is 2.28 bits per heavy atom. The van der Waals surface area contributed by atoms with Gasteiger partial charge in [-0.25, -0.2) is 0 Å². The van der Waals surface area contributed by atoms with E-state index in [9.17, 15) is 14.7 Å². The summed E-state index contributed by atoms with van der Waals surface area (Å²) in [5.74, 6) is -0.367. The Bertz CT molecular complexity index is 1200. The Balaban J connectivity index is 1.74. The fourth-order valence-corrected chi connectivity index (χ4v) is 3.52.